The van der Waals surface area contributed by atoms with Crippen LogP contribution in [-0.2, 0) is 11.2 Å². The zero-order valence-corrected chi connectivity index (χ0v) is 16.4. The van der Waals surface area contributed by atoms with Crippen LogP contribution in [0.1, 0.15) is 30.6 Å². The van der Waals surface area contributed by atoms with Crippen LogP contribution in [-0.4, -0.2) is 36.4 Å². The van der Waals surface area contributed by atoms with E-state index >= 15 is 0 Å². The molecular formula is C22H21F3N4O. The molecule has 0 amide bonds. The molecule has 0 fully saturated rings. The molecular weight excluding hydrogens is 393 g/mol. The Labute approximate surface area is 172 Å². The van der Waals surface area contributed by atoms with Gasteiger partial charge in [-0.1, -0.05) is 25.1 Å². The molecule has 0 spiro atoms. The number of pyridine rings is 1. The Morgan fingerprint density at radius 3 is 2.80 bits per heavy atom. The van der Waals surface area contributed by atoms with Crippen molar-refractivity contribution in [3.8, 4) is 0 Å². The van der Waals surface area contributed by atoms with Crippen LogP contribution in [0.25, 0.3) is 0 Å². The highest BCUT2D eigenvalue weighted by molar-refractivity contribution is 6.14. The van der Waals surface area contributed by atoms with Gasteiger partial charge in [-0.05, 0) is 30.2 Å². The SMILES string of the molecule is CCc1cccc(N2C3=C(C=NCC3)C(OCC(F)(F)F)=NC2c2cccnc2)c1. The lowest BCUT2D eigenvalue weighted by Crippen LogP contribution is -2.37. The molecule has 156 valence electrons. The van der Waals surface area contributed by atoms with Gasteiger partial charge in [0.25, 0.3) is 0 Å². The van der Waals surface area contributed by atoms with Crippen molar-refractivity contribution in [2.24, 2.45) is 9.98 Å². The molecule has 1 unspecified atom stereocenters. The molecule has 8 heteroatoms. The zero-order valence-electron chi connectivity index (χ0n) is 16.4. The van der Waals surface area contributed by atoms with Crippen LogP contribution in [0.4, 0.5) is 18.9 Å². The van der Waals surface area contributed by atoms with Crippen molar-refractivity contribution >= 4 is 17.8 Å². The minimum absolute atomic E-state index is 0.0393. The predicted molar refractivity (Wildman–Crippen MR) is 110 cm³/mol. The monoisotopic (exact) mass is 414 g/mol. The lowest BCUT2D eigenvalue weighted by Gasteiger charge is -2.39. The molecule has 2 aliphatic heterocycles. The number of alkyl halides is 3. The lowest BCUT2D eigenvalue weighted by atomic mass is 10.0. The maximum atomic E-state index is 12.8. The second kappa shape index (κ2) is 8.30. The molecule has 0 radical (unpaired) electrons. The molecule has 1 atom stereocenters. The number of anilines is 1. The van der Waals surface area contributed by atoms with Crippen molar-refractivity contribution in [2.75, 3.05) is 18.1 Å². The number of aromatic nitrogens is 1. The van der Waals surface area contributed by atoms with E-state index in [1.54, 1.807) is 24.7 Å². The van der Waals surface area contributed by atoms with Crippen LogP contribution in [0.2, 0.25) is 0 Å². The summed E-state index contributed by atoms with van der Waals surface area (Å²) in [5, 5.41) is 0. The molecule has 1 aromatic carbocycles. The molecule has 5 nitrogen and oxygen atoms in total. The Morgan fingerprint density at radius 1 is 1.20 bits per heavy atom. The second-order valence-electron chi connectivity index (χ2n) is 7.04. The van der Waals surface area contributed by atoms with Crippen LogP contribution in [0.3, 0.4) is 0 Å². The third-order valence-corrected chi connectivity index (χ3v) is 4.97. The van der Waals surface area contributed by atoms with Crippen LogP contribution in [0.15, 0.2) is 70.0 Å². The highest BCUT2D eigenvalue weighted by Gasteiger charge is 2.36. The first-order valence-electron chi connectivity index (χ1n) is 9.75. The van der Waals surface area contributed by atoms with E-state index in [0.717, 1.165) is 28.9 Å². The average molecular weight is 414 g/mol. The Hall–Kier alpha value is -3.16. The van der Waals surface area contributed by atoms with E-state index in [1.165, 1.54) is 0 Å². The van der Waals surface area contributed by atoms with Gasteiger partial charge in [-0.25, -0.2) is 4.99 Å². The lowest BCUT2D eigenvalue weighted by molar-refractivity contribution is -0.156. The summed E-state index contributed by atoms with van der Waals surface area (Å²) in [4.78, 5) is 15.1. The van der Waals surface area contributed by atoms with Crippen LogP contribution < -0.4 is 4.90 Å². The Bertz CT molecular complexity index is 999. The number of aryl methyl sites for hydroxylation is 1. The molecule has 3 heterocycles. The second-order valence-corrected chi connectivity index (χ2v) is 7.04. The summed E-state index contributed by atoms with van der Waals surface area (Å²) in [5.41, 5.74) is 4.19. The Kier molecular flexibility index (Phi) is 5.57. The van der Waals surface area contributed by atoms with Crippen molar-refractivity contribution in [3.63, 3.8) is 0 Å². The smallest absolute Gasteiger partial charge is 0.422 e. The summed E-state index contributed by atoms with van der Waals surface area (Å²) in [5.74, 6) is -0.0393. The van der Waals surface area contributed by atoms with Gasteiger partial charge < -0.3 is 9.64 Å². The summed E-state index contributed by atoms with van der Waals surface area (Å²) in [6, 6.07) is 11.7. The summed E-state index contributed by atoms with van der Waals surface area (Å²) in [6.07, 6.45) is 1.30. The maximum absolute atomic E-state index is 12.8. The predicted octanol–water partition coefficient (Wildman–Crippen LogP) is 4.87. The fourth-order valence-corrected chi connectivity index (χ4v) is 3.59. The quantitative estimate of drug-likeness (QED) is 0.717. The average Bonchev–Trinajstić information content (AvgIpc) is 2.77. The van der Waals surface area contributed by atoms with Crippen molar-refractivity contribution in [1.29, 1.82) is 0 Å². The van der Waals surface area contributed by atoms with Crippen molar-refractivity contribution in [1.82, 2.24) is 4.98 Å². The van der Waals surface area contributed by atoms with Gasteiger partial charge in [-0.3, -0.25) is 9.98 Å². The van der Waals surface area contributed by atoms with Gasteiger partial charge in [0, 0.05) is 48.5 Å². The van der Waals surface area contributed by atoms with Crippen molar-refractivity contribution in [2.45, 2.75) is 32.1 Å². The fourth-order valence-electron chi connectivity index (χ4n) is 3.59. The summed E-state index contributed by atoms with van der Waals surface area (Å²) >= 11 is 0. The maximum Gasteiger partial charge on any atom is 0.422 e. The van der Waals surface area contributed by atoms with Crippen LogP contribution in [0, 0.1) is 0 Å². The fraction of sp³-hybridized carbons (Fsp3) is 0.318. The molecule has 0 bridgehead atoms. The van der Waals surface area contributed by atoms with Gasteiger partial charge in [0.1, 0.15) is 0 Å². The minimum Gasteiger partial charge on any atom is -0.468 e. The number of benzene rings is 1. The Balaban J connectivity index is 1.83. The first-order valence-corrected chi connectivity index (χ1v) is 9.75. The molecule has 0 saturated heterocycles. The Morgan fingerprint density at radius 2 is 2.07 bits per heavy atom. The number of nitrogens with zero attached hydrogens (tertiary/aromatic N) is 4. The van der Waals surface area contributed by atoms with Crippen LogP contribution >= 0.6 is 0 Å². The number of dihydropyridines is 1. The molecule has 0 N–H and O–H groups in total. The third kappa shape index (κ3) is 4.22. The highest BCUT2D eigenvalue weighted by Crippen LogP contribution is 2.39. The molecule has 2 aliphatic rings. The first-order chi connectivity index (χ1) is 14.5. The van der Waals surface area contributed by atoms with E-state index in [1.807, 2.05) is 24.3 Å². The van der Waals surface area contributed by atoms with Crippen LogP contribution in [0.5, 0.6) is 0 Å². The largest absolute Gasteiger partial charge is 0.468 e. The zero-order chi connectivity index (χ0) is 21.1. The van der Waals surface area contributed by atoms with Crippen molar-refractivity contribution < 1.29 is 17.9 Å². The van der Waals surface area contributed by atoms with Crippen molar-refractivity contribution in [3.05, 3.63) is 71.2 Å². The number of halogens is 3. The molecule has 1 aromatic heterocycles. The van der Waals surface area contributed by atoms with Gasteiger partial charge in [0.05, 0.1) is 5.57 Å². The summed E-state index contributed by atoms with van der Waals surface area (Å²) in [6.45, 7) is 1.23. The number of hydrogen-bond acceptors (Lipinski definition) is 5. The van der Waals surface area contributed by atoms with E-state index in [9.17, 15) is 13.2 Å². The van der Waals surface area contributed by atoms with Gasteiger partial charge in [0.15, 0.2) is 12.8 Å². The molecule has 0 saturated carbocycles. The third-order valence-electron chi connectivity index (χ3n) is 4.97. The van der Waals surface area contributed by atoms with E-state index < -0.39 is 18.9 Å². The number of ether oxygens (including phenoxy) is 1. The number of aliphatic imine (C=N–C) groups is 2. The van der Waals surface area contributed by atoms with E-state index in [-0.39, 0.29) is 5.90 Å². The van der Waals surface area contributed by atoms with Gasteiger partial charge in [-0.2, -0.15) is 13.2 Å². The number of rotatable bonds is 4. The molecule has 0 aliphatic carbocycles. The molecule has 4 rings (SSSR count). The standard InChI is InChI=1S/C22H21F3N4O/c1-2-15-5-3-7-17(11-15)29-19-8-10-27-13-18(19)21(30-14-22(23,24)25)28-20(29)16-6-4-9-26-12-16/h3-7,9,11-13,20H,2,8,10,14H2,1H3. The van der Waals surface area contributed by atoms with Gasteiger partial charge in [-0.15, -0.1) is 0 Å². The van der Waals surface area contributed by atoms with E-state index in [4.69, 9.17) is 4.74 Å². The highest BCUT2D eigenvalue weighted by atomic mass is 19.4. The summed E-state index contributed by atoms with van der Waals surface area (Å²) < 4.78 is 43.6. The topological polar surface area (TPSA) is 50.1 Å². The van der Waals surface area contributed by atoms with E-state index in [0.29, 0.717) is 18.5 Å². The minimum atomic E-state index is -4.45. The molecule has 2 aromatic rings. The van der Waals surface area contributed by atoms with E-state index in [2.05, 4.69) is 32.9 Å². The van der Waals surface area contributed by atoms with Gasteiger partial charge in [0.2, 0.25) is 5.90 Å². The normalized spacial score (nSPS) is 18.9. The molecule has 30 heavy (non-hydrogen) atoms. The van der Waals surface area contributed by atoms with Gasteiger partial charge >= 0.3 is 6.18 Å². The summed E-state index contributed by atoms with van der Waals surface area (Å²) in [7, 11) is 0. The number of hydrogen-bond donors (Lipinski definition) is 0. The first kappa shape index (κ1) is 20.1.